The lowest BCUT2D eigenvalue weighted by molar-refractivity contribution is -0.116. The Morgan fingerprint density at radius 3 is 2.52 bits per heavy atom. The second kappa shape index (κ2) is 7.92. The number of fused-ring (bicyclic) bond motifs is 1. The number of carbonyl (C=O) groups excluding carboxylic acids is 3. The lowest BCUT2D eigenvalue weighted by Crippen LogP contribution is -2.20. The largest absolute Gasteiger partial charge is 0.365 e. The van der Waals surface area contributed by atoms with Crippen molar-refractivity contribution in [1.82, 2.24) is 0 Å². The molecule has 0 radical (unpaired) electrons. The summed E-state index contributed by atoms with van der Waals surface area (Å²) >= 11 is 1.46. The molecule has 1 atom stereocenters. The molecule has 1 aromatic carbocycles. The second-order valence-electron chi connectivity index (χ2n) is 7.02. The SMILES string of the molecule is CC(=O)Nc1ccc(CC(=O)Nc2sc3c(c2C(N)=O)CCC(C)C3)cc1. The Balaban J connectivity index is 1.72. The second-order valence-corrected chi connectivity index (χ2v) is 8.13. The number of nitrogens with two attached hydrogens (primary N) is 1. The average Bonchev–Trinajstić information content (AvgIpc) is 2.92. The first-order valence-corrected chi connectivity index (χ1v) is 9.76. The van der Waals surface area contributed by atoms with Gasteiger partial charge in [0.05, 0.1) is 12.0 Å². The maximum absolute atomic E-state index is 12.5. The van der Waals surface area contributed by atoms with Crippen LogP contribution in [0.4, 0.5) is 10.7 Å². The molecule has 2 aromatic rings. The molecule has 0 saturated heterocycles. The zero-order chi connectivity index (χ0) is 19.6. The minimum absolute atomic E-state index is 0.143. The maximum atomic E-state index is 12.5. The summed E-state index contributed by atoms with van der Waals surface area (Å²) in [6.45, 7) is 3.63. The van der Waals surface area contributed by atoms with Gasteiger partial charge in [-0.1, -0.05) is 19.1 Å². The van der Waals surface area contributed by atoms with Crippen molar-refractivity contribution in [2.75, 3.05) is 10.6 Å². The molecule has 6 nitrogen and oxygen atoms in total. The first-order chi connectivity index (χ1) is 12.8. The summed E-state index contributed by atoms with van der Waals surface area (Å²) in [4.78, 5) is 36.6. The molecular weight excluding hydrogens is 362 g/mol. The van der Waals surface area contributed by atoms with E-state index in [9.17, 15) is 14.4 Å². The number of carbonyl (C=O) groups is 3. The standard InChI is InChI=1S/C20H23N3O3S/c1-11-3-8-15-16(9-11)27-20(18(15)19(21)26)23-17(25)10-13-4-6-14(7-5-13)22-12(2)24/h4-7,11H,3,8-10H2,1-2H3,(H2,21,26)(H,22,24)(H,23,25). The highest BCUT2D eigenvalue weighted by Crippen LogP contribution is 2.39. The van der Waals surface area contributed by atoms with Gasteiger partial charge in [0.25, 0.3) is 5.91 Å². The van der Waals surface area contributed by atoms with Crippen LogP contribution in [0.15, 0.2) is 24.3 Å². The van der Waals surface area contributed by atoms with Crippen molar-refractivity contribution < 1.29 is 14.4 Å². The van der Waals surface area contributed by atoms with Crippen LogP contribution in [-0.4, -0.2) is 17.7 Å². The molecule has 0 aliphatic heterocycles. The monoisotopic (exact) mass is 385 g/mol. The molecule has 1 heterocycles. The highest BCUT2D eigenvalue weighted by molar-refractivity contribution is 7.17. The molecule has 3 rings (SSSR count). The van der Waals surface area contributed by atoms with Crippen molar-refractivity contribution >= 4 is 39.7 Å². The van der Waals surface area contributed by atoms with E-state index in [1.165, 1.54) is 18.3 Å². The fourth-order valence-corrected chi connectivity index (χ4v) is 4.80. The summed E-state index contributed by atoms with van der Waals surface area (Å²) in [6.07, 6.45) is 2.95. The molecule has 142 valence electrons. The Kier molecular flexibility index (Phi) is 5.60. The molecule has 1 aliphatic carbocycles. The molecule has 0 fully saturated rings. The van der Waals surface area contributed by atoms with Crippen LogP contribution in [0.25, 0.3) is 0 Å². The lowest BCUT2D eigenvalue weighted by atomic mass is 9.88. The summed E-state index contributed by atoms with van der Waals surface area (Å²) < 4.78 is 0. The quantitative estimate of drug-likeness (QED) is 0.737. The number of amides is 3. The molecule has 27 heavy (non-hydrogen) atoms. The van der Waals surface area contributed by atoms with E-state index in [1.54, 1.807) is 24.3 Å². The predicted octanol–water partition coefficient (Wildman–Crippen LogP) is 3.11. The van der Waals surface area contributed by atoms with E-state index in [-0.39, 0.29) is 18.2 Å². The van der Waals surface area contributed by atoms with Crippen LogP contribution >= 0.6 is 11.3 Å². The van der Waals surface area contributed by atoms with Gasteiger partial charge in [-0.2, -0.15) is 0 Å². The van der Waals surface area contributed by atoms with E-state index in [2.05, 4.69) is 17.6 Å². The highest BCUT2D eigenvalue weighted by atomic mass is 32.1. The van der Waals surface area contributed by atoms with Crippen LogP contribution in [0.1, 0.15) is 46.6 Å². The van der Waals surface area contributed by atoms with E-state index in [0.717, 1.165) is 35.3 Å². The Labute approximate surface area is 162 Å². The molecule has 1 aliphatic rings. The highest BCUT2D eigenvalue weighted by Gasteiger charge is 2.27. The molecule has 0 spiro atoms. The number of benzene rings is 1. The summed E-state index contributed by atoms with van der Waals surface area (Å²) in [6, 6.07) is 7.09. The summed E-state index contributed by atoms with van der Waals surface area (Å²) in [5.41, 5.74) is 8.55. The van der Waals surface area contributed by atoms with Gasteiger partial charge in [0.15, 0.2) is 0 Å². The number of hydrogen-bond donors (Lipinski definition) is 3. The topological polar surface area (TPSA) is 101 Å². The van der Waals surface area contributed by atoms with Gasteiger partial charge in [0.1, 0.15) is 5.00 Å². The van der Waals surface area contributed by atoms with Crippen LogP contribution in [0.2, 0.25) is 0 Å². The number of rotatable bonds is 5. The van der Waals surface area contributed by atoms with Crippen molar-refractivity contribution in [3.8, 4) is 0 Å². The average molecular weight is 385 g/mol. The van der Waals surface area contributed by atoms with Crippen LogP contribution in [-0.2, 0) is 28.9 Å². The van der Waals surface area contributed by atoms with Gasteiger partial charge < -0.3 is 16.4 Å². The van der Waals surface area contributed by atoms with Crippen molar-refractivity contribution in [1.29, 1.82) is 0 Å². The summed E-state index contributed by atoms with van der Waals surface area (Å²) in [5, 5.41) is 6.11. The van der Waals surface area contributed by atoms with Gasteiger partial charge in [-0.05, 0) is 48.4 Å². The fraction of sp³-hybridized carbons (Fsp3) is 0.350. The number of primary amides is 1. The Bertz CT molecular complexity index is 887. The number of anilines is 2. The number of hydrogen-bond acceptors (Lipinski definition) is 4. The third-order valence-corrected chi connectivity index (χ3v) is 5.82. The van der Waals surface area contributed by atoms with Crippen LogP contribution in [0, 0.1) is 5.92 Å². The lowest BCUT2D eigenvalue weighted by Gasteiger charge is -2.18. The fourth-order valence-electron chi connectivity index (χ4n) is 3.36. The number of nitrogens with one attached hydrogen (secondary N) is 2. The van der Waals surface area contributed by atoms with Gasteiger partial charge in [-0.15, -0.1) is 11.3 Å². The van der Waals surface area contributed by atoms with Gasteiger partial charge in [0.2, 0.25) is 11.8 Å². The Hall–Kier alpha value is -2.67. The normalized spacial score (nSPS) is 15.7. The van der Waals surface area contributed by atoms with E-state index < -0.39 is 5.91 Å². The maximum Gasteiger partial charge on any atom is 0.251 e. The predicted molar refractivity (Wildman–Crippen MR) is 107 cm³/mol. The molecule has 1 aromatic heterocycles. The Morgan fingerprint density at radius 2 is 1.89 bits per heavy atom. The minimum Gasteiger partial charge on any atom is -0.365 e. The van der Waals surface area contributed by atoms with Gasteiger partial charge in [0, 0.05) is 17.5 Å². The van der Waals surface area contributed by atoms with Gasteiger partial charge in [-0.25, -0.2) is 0 Å². The molecular formula is C20H23N3O3S. The van der Waals surface area contributed by atoms with E-state index >= 15 is 0 Å². The molecule has 0 saturated carbocycles. The van der Waals surface area contributed by atoms with Crippen molar-refractivity contribution in [3.63, 3.8) is 0 Å². The third kappa shape index (κ3) is 4.54. The third-order valence-electron chi connectivity index (χ3n) is 4.65. The van der Waals surface area contributed by atoms with E-state index in [0.29, 0.717) is 22.2 Å². The first kappa shape index (κ1) is 19.1. The summed E-state index contributed by atoms with van der Waals surface area (Å²) in [7, 11) is 0. The molecule has 0 bridgehead atoms. The number of thiophene rings is 1. The summed E-state index contributed by atoms with van der Waals surface area (Å²) in [5.74, 6) is -0.258. The van der Waals surface area contributed by atoms with E-state index in [4.69, 9.17) is 5.73 Å². The van der Waals surface area contributed by atoms with Crippen LogP contribution in [0.3, 0.4) is 0 Å². The van der Waals surface area contributed by atoms with Crippen molar-refractivity contribution in [3.05, 3.63) is 45.8 Å². The zero-order valence-corrected chi connectivity index (χ0v) is 16.2. The minimum atomic E-state index is -0.489. The Morgan fingerprint density at radius 1 is 1.19 bits per heavy atom. The van der Waals surface area contributed by atoms with Crippen LogP contribution in [0.5, 0.6) is 0 Å². The first-order valence-electron chi connectivity index (χ1n) is 8.94. The van der Waals surface area contributed by atoms with Gasteiger partial charge in [-0.3, -0.25) is 14.4 Å². The zero-order valence-electron chi connectivity index (χ0n) is 15.4. The van der Waals surface area contributed by atoms with Crippen molar-refractivity contribution in [2.45, 2.75) is 39.5 Å². The smallest absolute Gasteiger partial charge is 0.251 e. The molecule has 3 amide bonds. The molecule has 1 unspecified atom stereocenters. The molecule has 7 heteroatoms. The van der Waals surface area contributed by atoms with Gasteiger partial charge >= 0.3 is 0 Å². The van der Waals surface area contributed by atoms with E-state index in [1.807, 2.05) is 0 Å². The molecule has 4 N–H and O–H groups in total. The van der Waals surface area contributed by atoms with Crippen molar-refractivity contribution in [2.24, 2.45) is 11.7 Å². The van der Waals surface area contributed by atoms with Crippen LogP contribution < -0.4 is 16.4 Å².